The maximum Gasteiger partial charge on any atom is 0.0721 e. The van der Waals surface area contributed by atoms with E-state index in [1.54, 1.807) is 12.4 Å². The Hall–Kier alpha value is -1.90. The molecule has 0 fully saturated rings. The molecule has 2 N–H and O–H groups in total. The summed E-state index contributed by atoms with van der Waals surface area (Å²) in [4.78, 5) is 8.32. The van der Waals surface area contributed by atoms with Crippen LogP contribution in [0.4, 0.5) is 5.69 Å². The molecule has 2 rings (SSSR count). The predicted octanol–water partition coefficient (Wildman–Crippen LogP) is 2.03. The van der Waals surface area contributed by atoms with E-state index in [-0.39, 0.29) is 0 Å². The average Bonchev–Trinajstić information content (AvgIpc) is 2.20. The number of aryl methyl sites for hydroxylation is 1. The Bertz CT molecular complexity index is 435. The molecule has 0 radical (unpaired) electrons. The molecular weight excluding hydrogens is 174 g/mol. The molecule has 0 aliphatic carbocycles. The molecule has 0 unspecified atom stereocenters. The van der Waals surface area contributed by atoms with Gasteiger partial charge < -0.3 is 5.73 Å². The van der Waals surface area contributed by atoms with Crippen LogP contribution in [-0.4, -0.2) is 9.97 Å². The molecule has 0 aliphatic heterocycles. The SMILES string of the molecule is Cc1ccncc1-c1ccc(N)cn1. The minimum Gasteiger partial charge on any atom is -0.397 e. The Morgan fingerprint density at radius 1 is 1.14 bits per heavy atom. The van der Waals surface area contributed by atoms with Crippen molar-refractivity contribution in [2.75, 3.05) is 5.73 Å². The van der Waals surface area contributed by atoms with Crippen molar-refractivity contribution in [3.63, 3.8) is 0 Å². The van der Waals surface area contributed by atoms with Crippen LogP contribution in [0, 0.1) is 6.92 Å². The maximum absolute atomic E-state index is 5.56. The van der Waals surface area contributed by atoms with Crippen LogP contribution in [0.2, 0.25) is 0 Å². The normalized spacial score (nSPS) is 10.1. The fraction of sp³-hybridized carbons (Fsp3) is 0.0909. The Balaban J connectivity index is 2.50. The number of pyridine rings is 2. The summed E-state index contributed by atoms with van der Waals surface area (Å²) in [5.41, 5.74) is 9.36. The fourth-order valence-corrected chi connectivity index (χ4v) is 1.30. The van der Waals surface area contributed by atoms with Gasteiger partial charge in [-0.3, -0.25) is 9.97 Å². The van der Waals surface area contributed by atoms with Gasteiger partial charge in [-0.15, -0.1) is 0 Å². The van der Waals surface area contributed by atoms with Crippen LogP contribution in [-0.2, 0) is 0 Å². The van der Waals surface area contributed by atoms with Gasteiger partial charge in [-0.1, -0.05) is 0 Å². The lowest BCUT2D eigenvalue weighted by Gasteiger charge is -2.03. The van der Waals surface area contributed by atoms with Gasteiger partial charge in [0.1, 0.15) is 0 Å². The molecule has 2 aromatic rings. The summed E-state index contributed by atoms with van der Waals surface area (Å²) >= 11 is 0. The number of nitrogen functional groups attached to an aromatic ring is 1. The molecule has 0 bridgehead atoms. The Labute approximate surface area is 82.6 Å². The molecule has 3 heteroatoms. The molecule has 0 aliphatic rings. The van der Waals surface area contributed by atoms with Gasteiger partial charge in [-0.05, 0) is 30.7 Å². The van der Waals surface area contributed by atoms with E-state index < -0.39 is 0 Å². The minimum absolute atomic E-state index is 0.676. The Morgan fingerprint density at radius 2 is 2.00 bits per heavy atom. The Morgan fingerprint density at radius 3 is 2.64 bits per heavy atom. The van der Waals surface area contributed by atoms with Crippen LogP contribution in [0.3, 0.4) is 0 Å². The number of nitrogens with zero attached hydrogens (tertiary/aromatic N) is 2. The summed E-state index contributed by atoms with van der Waals surface area (Å²) in [6, 6.07) is 5.71. The zero-order valence-corrected chi connectivity index (χ0v) is 7.94. The lowest BCUT2D eigenvalue weighted by Crippen LogP contribution is -1.90. The van der Waals surface area contributed by atoms with Crippen molar-refractivity contribution in [2.24, 2.45) is 0 Å². The van der Waals surface area contributed by atoms with Gasteiger partial charge in [0.15, 0.2) is 0 Å². The lowest BCUT2D eigenvalue weighted by molar-refractivity contribution is 1.25. The molecule has 3 nitrogen and oxygen atoms in total. The van der Waals surface area contributed by atoms with Crippen LogP contribution in [0.5, 0.6) is 0 Å². The average molecular weight is 185 g/mol. The summed E-state index contributed by atoms with van der Waals surface area (Å²) < 4.78 is 0. The highest BCUT2D eigenvalue weighted by Gasteiger charge is 2.01. The molecule has 0 aromatic carbocycles. The molecule has 2 heterocycles. The smallest absolute Gasteiger partial charge is 0.0721 e. The van der Waals surface area contributed by atoms with E-state index >= 15 is 0 Å². The summed E-state index contributed by atoms with van der Waals surface area (Å²) in [5.74, 6) is 0. The van der Waals surface area contributed by atoms with Crippen molar-refractivity contribution in [3.8, 4) is 11.3 Å². The highest BCUT2D eigenvalue weighted by atomic mass is 14.7. The van der Waals surface area contributed by atoms with E-state index in [0.29, 0.717) is 5.69 Å². The molecule has 0 atom stereocenters. The van der Waals surface area contributed by atoms with Gasteiger partial charge in [0, 0.05) is 18.0 Å². The van der Waals surface area contributed by atoms with Gasteiger partial charge in [0.2, 0.25) is 0 Å². The quantitative estimate of drug-likeness (QED) is 0.739. The number of nitrogens with two attached hydrogens (primary N) is 1. The third-order valence-corrected chi connectivity index (χ3v) is 2.10. The van der Waals surface area contributed by atoms with E-state index in [9.17, 15) is 0 Å². The first-order valence-corrected chi connectivity index (χ1v) is 4.40. The summed E-state index contributed by atoms with van der Waals surface area (Å²) in [6.45, 7) is 2.04. The van der Waals surface area contributed by atoms with Crippen LogP contribution in [0.25, 0.3) is 11.3 Å². The number of aromatic nitrogens is 2. The van der Waals surface area contributed by atoms with E-state index in [4.69, 9.17) is 5.73 Å². The first-order chi connectivity index (χ1) is 6.77. The van der Waals surface area contributed by atoms with E-state index in [0.717, 1.165) is 16.8 Å². The zero-order chi connectivity index (χ0) is 9.97. The van der Waals surface area contributed by atoms with E-state index in [2.05, 4.69) is 9.97 Å². The van der Waals surface area contributed by atoms with E-state index in [1.165, 1.54) is 0 Å². The topological polar surface area (TPSA) is 51.8 Å². The summed E-state index contributed by atoms with van der Waals surface area (Å²) in [7, 11) is 0. The predicted molar refractivity (Wildman–Crippen MR) is 56.6 cm³/mol. The zero-order valence-electron chi connectivity index (χ0n) is 7.94. The molecule has 70 valence electrons. The molecule has 0 amide bonds. The van der Waals surface area contributed by atoms with Gasteiger partial charge in [-0.2, -0.15) is 0 Å². The van der Waals surface area contributed by atoms with Crippen LogP contribution in [0.15, 0.2) is 36.8 Å². The van der Waals surface area contributed by atoms with Gasteiger partial charge >= 0.3 is 0 Å². The third kappa shape index (κ3) is 1.57. The molecule has 14 heavy (non-hydrogen) atoms. The molecule has 0 spiro atoms. The second kappa shape index (κ2) is 3.46. The van der Waals surface area contributed by atoms with Gasteiger partial charge in [0.05, 0.1) is 17.6 Å². The first-order valence-electron chi connectivity index (χ1n) is 4.40. The van der Waals surface area contributed by atoms with Crippen LogP contribution >= 0.6 is 0 Å². The first kappa shape index (κ1) is 8.69. The number of rotatable bonds is 1. The van der Waals surface area contributed by atoms with Crippen molar-refractivity contribution in [2.45, 2.75) is 6.92 Å². The minimum atomic E-state index is 0.676. The highest BCUT2D eigenvalue weighted by Crippen LogP contribution is 2.19. The molecular formula is C11H11N3. The second-order valence-electron chi connectivity index (χ2n) is 3.17. The highest BCUT2D eigenvalue weighted by molar-refractivity contribution is 5.63. The largest absolute Gasteiger partial charge is 0.397 e. The lowest BCUT2D eigenvalue weighted by atomic mass is 10.1. The van der Waals surface area contributed by atoms with Gasteiger partial charge in [-0.25, -0.2) is 0 Å². The molecule has 0 saturated heterocycles. The van der Waals surface area contributed by atoms with Crippen molar-refractivity contribution in [1.82, 2.24) is 9.97 Å². The van der Waals surface area contributed by atoms with Crippen LogP contribution < -0.4 is 5.73 Å². The molecule has 0 saturated carbocycles. The number of anilines is 1. The second-order valence-corrected chi connectivity index (χ2v) is 3.17. The van der Waals surface area contributed by atoms with Gasteiger partial charge in [0.25, 0.3) is 0 Å². The summed E-state index contributed by atoms with van der Waals surface area (Å²) in [6.07, 6.45) is 5.24. The summed E-state index contributed by atoms with van der Waals surface area (Å²) in [5, 5.41) is 0. The van der Waals surface area contributed by atoms with Crippen molar-refractivity contribution >= 4 is 5.69 Å². The Kier molecular flexibility index (Phi) is 2.14. The standard InChI is InChI=1S/C11H11N3/c1-8-4-5-13-7-10(8)11-3-2-9(12)6-14-11/h2-7H,12H2,1H3. The van der Waals surface area contributed by atoms with Crippen LogP contribution in [0.1, 0.15) is 5.56 Å². The van der Waals surface area contributed by atoms with Crippen molar-refractivity contribution in [1.29, 1.82) is 0 Å². The van der Waals surface area contributed by atoms with Crippen molar-refractivity contribution in [3.05, 3.63) is 42.4 Å². The third-order valence-electron chi connectivity index (χ3n) is 2.10. The maximum atomic E-state index is 5.56. The fourth-order valence-electron chi connectivity index (χ4n) is 1.30. The number of hydrogen-bond acceptors (Lipinski definition) is 3. The number of hydrogen-bond donors (Lipinski definition) is 1. The monoisotopic (exact) mass is 185 g/mol. The molecule has 2 aromatic heterocycles. The van der Waals surface area contributed by atoms with E-state index in [1.807, 2.05) is 31.3 Å². The van der Waals surface area contributed by atoms with Crippen molar-refractivity contribution < 1.29 is 0 Å².